The normalized spacial score (nSPS) is 11.9. The third kappa shape index (κ3) is 8.24. The van der Waals surface area contributed by atoms with Gasteiger partial charge in [-0.05, 0) is 66.9 Å². The van der Waals surface area contributed by atoms with E-state index in [1.807, 2.05) is 44.2 Å². The number of carbonyl (C=O) groups excluding carboxylic acids is 2. The number of carbonyl (C=O) groups is 2. The van der Waals surface area contributed by atoms with Crippen LogP contribution in [-0.4, -0.2) is 44.3 Å². The van der Waals surface area contributed by atoms with Gasteiger partial charge in [0.25, 0.3) is 10.0 Å². The largest absolute Gasteiger partial charge is 0.354 e. The quantitative estimate of drug-likeness (QED) is 0.191. The predicted octanol–water partition coefficient (Wildman–Crippen LogP) is 6.15. The summed E-state index contributed by atoms with van der Waals surface area (Å²) in [5, 5.41) is 3.32. The van der Waals surface area contributed by atoms with Crippen molar-refractivity contribution in [2.75, 3.05) is 17.4 Å². The molecule has 0 aliphatic rings. The van der Waals surface area contributed by atoms with E-state index in [2.05, 4.69) is 5.32 Å². The van der Waals surface area contributed by atoms with Gasteiger partial charge in [-0.15, -0.1) is 0 Å². The molecule has 4 aromatic carbocycles. The van der Waals surface area contributed by atoms with Crippen molar-refractivity contribution < 1.29 is 22.4 Å². The van der Waals surface area contributed by atoms with E-state index in [1.165, 1.54) is 4.90 Å². The van der Waals surface area contributed by atoms with Crippen LogP contribution < -0.4 is 9.62 Å². The lowest BCUT2D eigenvalue weighted by Crippen LogP contribution is -2.53. The molecule has 0 heterocycles. The SMILES string of the molecule is CCCNC(=O)[C@@H](Cc1ccccc1)N(Cc1ccccc1Cl)C(=O)CN(c1ccc(C)cc1)S(=O)(=O)c1ccc(F)cc1. The third-order valence-corrected chi connectivity index (χ3v) is 9.28. The Kier molecular flexibility index (Phi) is 11.1. The van der Waals surface area contributed by atoms with E-state index in [0.29, 0.717) is 23.6 Å². The number of amides is 2. The Bertz CT molecular complexity index is 1670. The predicted molar refractivity (Wildman–Crippen MR) is 171 cm³/mol. The van der Waals surface area contributed by atoms with Crippen LogP contribution in [0.2, 0.25) is 5.02 Å². The minimum Gasteiger partial charge on any atom is -0.354 e. The zero-order valence-corrected chi connectivity index (χ0v) is 26.2. The summed E-state index contributed by atoms with van der Waals surface area (Å²) < 4.78 is 42.6. The van der Waals surface area contributed by atoms with Crippen molar-refractivity contribution in [2.45, 2.75) is 44.2 Å². The first-order valence-electron chi connectivity index (χ1n) is 14.3. The number of halogens is 2. The van der Waals surface area contributed by atoms with Gasteiger partial charge in [0.05, 0.1) is 10.6 Å². The molecule has 0 aromatic heterocycles. The molecule has 44 heavy (non-hydrogen) atoms. The summed E-state index contributed by atoms with van der Waals surface area (Å²) in [6, 6.07) is 26.5. The maximum Gasteiger partial charge on any atom is 0.264 e. The lowest BCUT2D eigenvalue weighted by Gasteiger charge is -2.34. The van der Waals surface area contributed by atoms with Crippen LogP contribution in [0.5, 0.6) is 0 Å². The Hall–Kier alpha value is -4.21. The van der Waals surface area contributed by atoms with Crippen LogP contribution >= 0.6 is 11.6 Å². The van der Waals surface area contributed by atoms with Crippen LogP contribution in [0.25, 0.3) is 0 Å². The highest BCUT2D eigenvalue weighted by molar-refractivity contribution is 7.92. The monoisotopic (exact) mass is 635 g/mol. The second kappa shape index (κ2) is 15.0. The van der Waals surface area contributed by atoms with Crippen LogP contribution in [-0.2, 0) is 32.6 Å². The number of hydrogen-bond acceptors (Lipinski definition) is 4. The van der Waals surface area contributed by atoms with Crippen LogP contribution in [0.3, 0.4) is 0 Å². The first-order valence-corrected chi connectivity index (χ1v) is 16.1. The average Bonchev–Trinajstić information content (AvgIpc) is 3.02. The molecule has 7 nitrogen and oxygen atoms in total. The lowest BCUT2D eigenvalue weighted by molar-refractivity contribution is -0.140. The Morgan fingerprint density at radius 2 is 1.52 bits per heavy atom. The Labute approximate surface area is 263 Å². The molecular weight excluding hydrogens is 601 g/mol. The number of anilines is 1. The molecule has 0 aliphatic heterocycles. The van der Waals surface area contributed by atoms with E-state index < -0.39 is 34.3 Å². The topological polar surface area (TPSA) is 86.8 Å². The summed E-state index contributed by atoms with van der Waals surface area (Å²) in [6.07, 6.45) is 0.890. The summed E-state index contributed by atoms with van der Waals surface area (Å²) in [4.78, 5) is 29.3. The van der Waals surface area contributed by atoms with Gasteiger partial charge in [-0.2, -0.15) is 0 Å². The van der Waals surface area contributed by atoms with Gasteiger partial charge in [0.15, 0.2) is 0 Å². The number of benzene rings is 4. The van der Waals surface area contributed by atoms with Crippen molar-refractivity contribution in [3.05, 3.63) is 131 Å². The fraction of sp³-hybridized carbons (Fsp3) is 0.235. The van der Waals surface area contributed by atoms with Crippen molar-refractivity contribution in [1.29, 1.82) is 0 Å². The molecular formula is C34H35ClFN3O4S. The standard InChI is InChI=1S/C34H35ClFN3O4S/c1-3-21-37-34(41)32(22-26-9-5-4-6-10-26)38(23-27-11-7-8-12-31(27)35)33(40)24-39(29-17-13-25(2)14-18-29)44(42,43)30-19-15-28(36)16-20-30/h4-20,32H,3,21-24H2,1-2H3,(H,37,41)/t32-/m1/s1. The van der Waals surface area contributed by atoms with Gasteiger partial charge in [-0.1, -0.05) is 84.8 Å². The van der Waals surface area contributed by atoms with Crippen LogP contribution in [0, 0.1) is 12.7 Å². The van der Waals surface area contributed by atoms with E-state index in [-0.39, 0.29) is 29.5 Å². The number of rotatable bonds is 13. The maximum atomic E-state index is 14.4. The molecule has 0 aliphatic carbocycles. The van der Waals surface area contributed by atoms with E-state index in [1.54, 1.807) is 48.5 Å². The molecule has 0 fully saturated rings. The molecule has 0 saturated carbocycles. The first kappa shape index (κ1) is 32.7. The molecule has 4 aromatic rings. The van der Waals surface area contributed by atoms with Gasteiger partial charge in [-0.3, -0.25) is 13.9 Å². The lowest BCUT2D eigenvalue weighted by atomic mass is 10.0. The van der Waals surface area contributed by atoms with Crippen LogP contribution in [0.15, 0.2) is 108 Å². The van der Waals surface area contributed by atoms with Gasteiger partial charge >= 0.3 is 0 Å². The second-order valence-corrected chi connectivity index (χ2v) is 12.7. The summed E-state index contributed by atoms with van der Waals surface area (Å²) in [5.74, 6) is -1.56. The third-order valence-electron chi connectivity index (χ3n) is 7.12. The molecule has 1 N–H and O–H groups in total. The van der Waals surface area contributed by atoms with Crippen molar-refractivity contribution in [3.8, 4) is 0 Å². The minimum absolute atomic E-state index is 0.0338. The van der Waals surface area contributed by atoms with Crippen molar-refractivity contribution in [1.82, 2.24) is 10.2 Å². The summed E-state index contributed by atoms with van der Waals surface area (Å²) in [6.45, 7) is 3.56. The van der Waals surface area contributed by atoms with Crippen molar-refractivity contribution in [2.24, 2.45) is 0 Å². The molecule has 230 valence electrons. The molecule has 1 atom stereocenters. The summed E-state index contributed by atoms with van der Waals surface area (Å²) in [5.41, 5.74) is 2.58. The first-order chi connectivity index (χ1) is 21.1. The van der Waals surface area contributed by atoms with E-state index in [4.69, 9.17) is 11.6 Å². The molecule has 0 radical (unpaired) electrons. The van der Waals surface area contributed by atoms with Crippen molar-refractivity contribution >= 4 is 39.1 Å². The molecule has 0 unspecified atom stereocenters. The zero-order chi connectivity index (χ0) is 31.7. The smallest absolute Gasteiger partial charge is 0.264 e. The molecule has 10 heteroatoms. The van der Waals surface area contributed by atoms with E-state index in [9.17, 15) is 22.4 Å². The molecule has 4 rings (SSSR count). The molecule has 0 spiro atoms. The molecule has 0 saturated heterocycles. The highest BCUT2D eigenvalue weighted by atomic mass is 35.5. The Morgan fingerprint density at radius 3 is 2.16 bits per heavy atom. The van der Waals surface area contributed by atoms with Gasteiger partial charge in [0.2, 0.25) is 11.8 Å². The number of sulfonamides is 1. The van der Waals surface area contributed by atoms with Gasteiger partial charge < -0.3 is 10.2 Å². The van der Waals surface area contributed by atoms with E-state index >= 15 is 0 Å². The zero-order valence-electron chi connectivity index (χ0n) is 24.6. The highest BCUT2D eigenvalue weighted by Gasteiger charge is 2.34. The van der Waals surface area contributed by atoms with Gasteiger partial charge in [0, 0.05) is 24.5 Å². The number of nitrogens with zero attached hydrogens (tertiary/aromatic N) is 2. The van der Waals surface area contributed by atoms with E-state index in [0.717, 1.165) is 39.7 Å². The summed E-state index contributed by atoms with van der Waals surface area (Å²) >= 11 is 6.51. The Morgan fingerprint density at radius 1 is 0.886 bits per heavy atom. The number of hydrogen-bond donors (Lipinski definition) is 1. The van der Waals surface area contributed by atoms with Crippen molar-refractivity contribution in [3.63, 3.8) is 0 Å². The van der Waals surface area contributed by atoms with Gasteiger partial charge in [-0.25, -0.2) is 12.8 Å². The second-order valence-electron chi connectivity index (χ2n) is 10.4. The van der Waals surface area contributed by atoms with Crippen LogP contribution in [0.1, 0.15) is 30.0 Å². The fourth-order valence-electron chi connectivity index (χ4n) is 4.70. The maximum absolute atomic E-state index is 14.4. The number of nitrogens with one attached hydrogen (secondary N) is 1. The molecule has 0 bridgehead atoms. The minimum atomic E-state index is -4.32. The molecule has 2 amide bonds. The average molecular weight is 636 g/mol. The Balaban J connectivity index is 1.80. The number of aryl methyl sites for hydroxylation is 1. The van der Waals surface area contributed by atoms with Gasteiger partial charge in [0.1, 0.15) is 18.4 Å². The fourth-order valence-corrected chi connectivity index (χ4v) is 6.31. The highest BCUT2D eigenvalue weighted by Crippen LogP contribution is 2.26. The van der Waals surface area contributed by atoms with Crippen LogP contribution in [0.4, 0.5) is 10.1 Å². The summed E-state index contributed by atoms with van der Waals surface area (Å²) in [7, 11) is -4.32.